The van der Waals surface area contributed by atoms with E-state index < -0.39 is 15.8 Å². The Hall–Kier alpha value is -2.72. The van der Waals surface area contributed by atoms with Crippen LogP contribution in [0.1, 0.15) is 24.8 Å². The SMILES string of the molecule is O=C(NCc1ccnc(N2CCCCC2)c1)N1CCN(S(=O)(=O)c2ccccc2F)CC1. The van der Waals surface area contributed by atoms with Crippen LogP contribution in [0.2, 0.25) is 0 Å². The van der Waals surface area contributed by atoms with Crippen LogP contribution in [0.5, 0.6) is 0 Å². The maximum Gasteiger partial charge on any atom is 0.317 e. The molecule has 32 heavy (non-hydrogen) atoms. The molecule has 10 heteroatoms. The number of benzene rings is 1. The number of piperazine rings is 1. The van der Waals surface area contributed by atoms with Crippen molar-refractivity contribution < 1.29 is 17.6 Å². The van der Waals surface area contributed by atoms with Crippen molar-refractivity contribution in [1.29, 1.82) is 0 Å². The van der Waals surface area contributed by atoms with Gasteiger partial charge in [0.15, 0.2) is 0 Å². The van der Waals surface area contributed by atoms with Crippen molar-refractivity contribution in [1.82, 2.24) is 19.5 Å². The van der Waals surface area contributed by atoms with Crippen LogP contribution >= 0.6 is 0 Å². The Bertz CT molecular complexity index is 1050. The maximum atomic E-state index is 14.0. The van der Waals surface area contributed by atoms with Gasteiger partial charge in [0.25, 0.3) is 0 Å². The van der Waals surface area contributed by atoms with Gasteiger partial charge in [0.1, 0.15) is 16.5 Å². The predicted octanol–water partition coefficient (Wildman–Crippen LogP) is 2.43. The molecule has 2 aromatic rings. The zero-order valence-corrected chi connectivity index (χ0v) is 18.7. The number of nitrogens with zero attached hydrogens (tertiary/aromatic N) is 4. The molecule has 0 aliphatic carbocycles. The molecule has 0 unspecified atom stereocenters. The topological polar surface area (TPSA) is 85.8 Å². The lowest BCUT2D eigenvalue weighted by molar-refractivity contribution is 0.172. The molecule has 2 saturated heterocycles. The summed E-state index contributed by atoms with van der Waals surface area (Å²) in [6.45, 7) is 3.11. The Kier molecular flexibility index (Phi) is 6.90. The van der Waals surface area contributed by atoms with Crippen molar-refractivity contribution in [3.8, 4) is 0 Å². The van der Waals surface area contributed by atoms with Crippen molar-refractivity contribution in [2.75, 3.05) is 44.2 Å². The minimum absolute atomic E-state index is 0.123. The van der Waals surface area contributed by atoms with E-state index in [1.807, 2.05) is 12.1 Å². The summed E-state index contributed by atoms with van der Waals surface area (Å²) in [5, 5.41) is 2.91. The van der Waals surface area contributed by atoms with Gasteiger partial charge in [0.05, 0.1) is 0 Å². The molecule has 0 saturated carbocycles. The van der Waals surface area contributed by atoms with E-state index in [9.17, 15) is 17.6 Å². The average Bonchev–Trinajstić information content (AvgIpc) is 2.83. The molecule has 1 N–H and O–H groups in total. The fourth-order valence-electron chi connectivity index (χ4n) is 4.08. The van der Waals surface area contributed by atoms with Gasteiger partial charge in [-0.25, -0.2) is 22.6 Å². The Morgan fingerprint density at radius 1 is 1.00 bits per heavy atom. The summed E-state index contributed by atoms with van der Waals surface area (Å²) in [7, 11) is -3.92. The summed E-state index contributed by atoms with van der Waals surface area (Å²) in [5.74, 6) is 0.164. The summed E-state index contributed by atoms with van der Waals surface area (Å²) in [6.07, 6.45) is 5.35. The number of sulfonamides is 1. The second kappa shape index (κ2) is 9.83. The van der Waals surface area contributed by atoms with E-state index in [1.165, 1.54) is 41.8 Å². The average molecular weight is 462 g/mol. The molecule has 0 radical (unpaired) electrons. The molecule has 2 fully saturated rings. The first-order valence-electron chi connectivity index (χ1n) is 10.9. The largest absolute Gasteiger partial charge is 0.357 e. The number of halogens is 1. The van der Waals surface area contributed by atoms with Crippen molar-refractivity contribution in [3.05, 3.63) is 54.0 Å². The zero-order chi connectivity index (χ0) is 22.6. The molecule has 4 rings (SSSR count). The van der Waals surface area contributed by atoms with Gasteiger partial charge in [-0.1, -0.05) is 12.1 Å². The highest BCUT2D eigenvalue weighted by Gasteiger charge is 2.31. The first kappa shape index (κ1) is 22.5. The van der Waals surface area contributed by atoms with Crippen molar-refractivity contribution in [2.45, 2.75) is 30.7 Å². The van der Waals surface area contributed by atoms with E-state index in [4.69, 9.17) is 0 Å². The molecule has 1 aromatic carbocycles. The minimum atomic E-state index is -3.92. The Morgan fingerprint density at radius 3 is 2.44 bits per heavy atom. The number of hydrogen-bond acceptors (Lipinski definition) is 5. The second-order valence-corrected chi connectivity index (χ2v) is 9.96. The molecule has 2 amide bonds. The molecule has 2 aliphatic rings. The first-order valence-corrected chi connectivity index (χ1v) is 12.4. The van der Waals surface area contributed by atoms with E-state index >= 15 is 0 Å². The van der Waals surface area contributed by atoms with Crippen LogP contribution in [0.3, 0.4) is 0 Å². The maximum absolute atomic E-state index is 14.0. The number of carbonyl (C=O) groups excluding carboxylic acids is 1. The van der Waals surface area contributed by atoms with Gasteiger partial charge >= 0.3 is 6.03 Å². The monoisotopic (exact) mass is 461 g/mol. The summed E-state index contributed by atoms with van der Waals surface area (Å²) in [4.78, 5) is 20.6. The summed E-state index contributed by atoms with van der Waals surface area (Å²) in [6, 6.07) is 8.98. The quantitative estimate of drug-likeness (QED) is 0.739. The number of carbonyl (C=O) groups is 1. The normalized spacial score (nSPS) is 17.9. The number of nitrogens with one attached hydrogen (secondary N) is 1. The lowest BCUT2D eigenvalue weighted by Gasteiger charge is -2.34. The number of amides is 2. The number of pyridine rings is 1. The molecule has 8 nitrogen and oxygen atoms in total. The van der Waals surface area contributed by atoms with Crippen molar-refractivity contribution in [2.24, 2.45) is 0 Å². The van der Waals surface area contributed by atoms with Crippen LogP contribution in [-0.4, -0.2) is 67.9 Å². The number of urea groups is 1. The van der Waals surface area contributed by atoms with Gasteiger partial charge in [-0.3, -0.25) is 0 Å². The van der Waals surface area contributed by atoms with Crippen LogP contribution in [0.25, 0.3) is 0 Å². The molecule has 0 atom stereocenters. The van der Waals surface area contributed by atoms with E-state index in [-0.39, 0.29) is 37.1 Å². The van der Waals surface area contributed by atoms with E-state index in [0.717, 1.165) is 30.5 Å². The smallest absolute Gasteiger partial charge is 0.317 e. The second-order valence-electron chi connectivity index (χ2n) is 8.05. The van der Waals surface area contributed by atoms with Crippen LogP contribution in [0, 0.1) is 5.82 Å². The van der Waals surface area contributed by atoms with E-state index in [2.05, 4.69) is 15.2 Å². The van der Waals surface area contributed by atoms with Gasteiger partial charge < -0.3 is 15.1 Å². The molecule has 3 heterocycles. The van der Waals surface area contributed by atoms with Gasteiger partial charge in [-0.2, -0.15) is 4.31 Å². The highest BCUT2D eigenvalue weighted by Crippen LogP contribution is 2.21. The highest BCUT2D eigenvalue weighted by atomic mass is 32.2. The number of rotatable bonds is 5. The van der Waals surface area contributed by atoms with Gasteiger partial charge in [0, 0.05) is 52.0 Å². The molecule has 1 aromatic heterocycles. The Labute approximate surface area is 188 Å². The zero-order valence-electron chi connectivity index (χ0n) is 17.9. The van der Waals surface area contributed by atoms with Crippen LogP contribution < -0.4 is 10.2 Å². The van der Waals surface area contributed by atoms with Crippen LogP contribution in [0.15, 0.2) is 47.5 Å². The van der Waals surface area contributed by atoms with E-state index in [1.54, 1.807) is 11.1 Å². The predicted molar refractivity (Wildman–Crippen MR) is 119 cm³/mol. The molecule has 172 valence electrons. The van der Waals surface area contributed by atoms with E-state index in [0.29, 0.717) is 6.54 Å². The van der Waals surface area contributed by atoms with Gasteiger partial charge in [-0.05, 0) is 49.1 Å². The fourth-order valence-corrected chi connectivity index (χ4v) is 5.57. The van der Waals surface area contributed by atoms with Crippen LogP contribution in [-0.2, 0) is 16.6 Å². The third-order valence-corrected chi connectivity index (χ3v) is 7.85. The summed E-state index contributed by atoms with van der Waals surface area (Å²) >= 11 is 0. The van der Waals surface area contributed by atoms with Crippen LogP contribution in [0.4, 0.5) is 15.0 Å². The lowest BCUT2D eigenvalue weighted by Crippen LogP contribution is -2.53. The highest BCUT2D eigenvalue weighted by molar-refractivity contribution is 7.89. The Morgan fingerprint density at radius 2 is 1.72 bits per heavy atom. The third kappa shape index (κ3) is 5.02. The minimum Gasteiger partial charge on any atom is -0.357 e. The third-order valence-electron chi connectivity index (χ3n) is 5.91. The number of aromatic nitrogens is 1. The molecule has 2 aliphatic heterocycles. The first-order chi connectivity index (χ1) is 15.4. The fraction of sp³-hybridized carbons (Fsp3) is 0.455. The Balaban J connectivity index is 1.30. The number of anilines is 1. The molecular formula is C22H28FN5O3S. The summed E-state index contributed by atoms with van der Waals surface area (Å²) < 4.78 is 40.6. The molecule has 0 bridgehead atoms. The summed E-state index contributed by atoms with van der Waals surface area (Å²) in [5.41, 5.74) is 0.967. The standard InChI is InChI=1S/C22H28FN5O3S/c23-19-6-2-3-7-20(19)32(30,31)28-14-12-27(13-15-28)22(29)25-17-18-8-9-24-21(16-18)26-10-4-1-5-11-26/h2-3,6-9,16H,1,4-5,10-15,17H2,(H,25,29). The molecule has 0 spiro atoms. The van der Waals surface area contributed by atoms with Crippen molar-refractivity contribution >= 4 is 21.9 Å². The number of piperidine rings is 1. The molecular weight excluding hydrogens is 433 g/mol. The van der Waals surface area contributed by atoms with Gasteiger partial charge in [0.2, 0.25) is 10.0 Å². The number of hydrogen-bond donors (Lipinski definition) is 1. The lowest BCUT2D eigenvalue weighted by atomic mass is 10.1. The van der Waals surface area contributed by atoms with Gasteiger partial charge in [-0.15, -0.1) is 0 Å². The van der Waals surface area contributed by atoms with Crippen molar-refractivity contribution in [3.63, 3.8) is 0 Å².